The number of hydrogen-bond donors (Lipinski definition) is 1. The molecule has 1 atom stereocenters. The maximum absolute atomic E-state index is 12.4. The number of nitrogens with zero attached hydrogens (tertiary/aromatic N) is 1. The quantitative estimate of drug-likeness (QED) is 0.940. The maximum atomic E-state index is 12.4. The summed E-state index contributed by atoms with van der Waals surface area (Å²) in [7, 11) is 0. The Balaban J connectivity index is 1.75. The lowest BCUT2D eigenvalue weighted by Gasteiger charge is -2.34. The topological polar surface area (TPSA) is 70.8 Å². The van der Waals surface area contributed by atoms with Crippen LogP contribution in [0.25, 0.3) is 0 Å². The van der Waals surface area contributed by atoms with E-state index in [2.05, 4.69) is 0 Å². The first kappa shape index (κ1) is 14.4. The number of amides is 1. The molecule has 1 N–H and O–H groups in total. The number of aryl methyl sites for hydroxylation is 1. The number of rotatable bonds is 4. The van der Waals surface area contributed by atoms with Crippen LogP contribution < -0.4 is 0 Å². The van der Waals surface area contributed by atoms with Gasteiger partial charge in [-0.2, -0.15) is 0 Å². The van der Waals surface area contributed by atoms with Crippen molar-refractivity contribution in [2.24, 2.45) is 0 Å². The van der Waals surface area contributed by atoms with Crippen molar-refractivity contribution >= 4 is 11.9 Å². The van der Waals surface area contributed by atoms with Gasteiger partial charge in [0.15, 0.2) is 0 Å². The van der Waals surface area contributed by atoms with Crippen molar-refractivity contribution in [2.45, 2.75) is 31.8 Å². The van der Waals surface area contributed by atoms with Crippen LogP contribution in [0.4, 0.5) is 0 Å². The van der Waals surface area contributed by atoms with Gasteiger partial charge < -0.3 is 14.4 Å². The Bertz CT molecular complexity index is 678. The lowest BCUT2D eigenvalue weighted by atomic mass is 9.93. The van der Waals surface area contributed by atoms with Gasteiger partial charge in [-0.25, -0.2) is 4.79 Å². The van der Waals surface area contributed by atoms with Gasteiger partial charge in [0.1, 0.15) is 6.04 Å². The van der Waals surface area contributed by atoms with E-state index >= 15 is 0 Å². The van der Waals surface area contributed by atoms with Gasteiger partial charge in [-0.3, -0.25) is 4.79 Å². The fourth-order valence-electron chi connectivity index (χ4n) is 2.84. The van der Waals surface area contributed by atoms with E-state index in [0.29, 0.717) is 19.4 Å². The van der Waals surface area contributed by atoms with Gasteiger partial charge >= 0.3 is 5.97 Å². The average molecular weight is 299 g/mol. The van der Waals surface area contributed by atoms with Crippen LogP contribution >= 0.6 is 0 Å². The molecule has 114 valence electrons. The van der Waals surface area contributed by atoms with Crippen LogP contribution in [0.5, 0.6) is 0 Å². The third-order valence-electron chi connectivity index (χ3n) is 4.06. The zero-order valence-corrected chi connectivity index (χ0v) is 12.1. The summed E-state index contributed by atoms with van der Waals surface area (Å²) in [5.41, 5.74) is 2.98. The molecular weight excluding hydrogens is 282 g/mol. The smallest absolute Gasteiger partial charge is 0.326 e. The Hall–Kier alpha value is -2.56. The van der Waals surface area contributed by atoms with E-state index in [1.54, 1.807) is 12.5 Å². The molecule has 22 heavy (non-hydrogen) atoms. The molecule has 0 saturated heterocycles. The van der Waals surface area contributed by atoms with Gasteiger partial charge in [-0.05, 0) is 29.2 Å². The second-order valence-electron chi connectivity index (χ2n) is 5.48. The highest BCUT2D eigenvalue weighted by molar-refractivity contribution is 5.84. The summed E-state index contributed by atoms with van der Waals surface area (Å²) in [4.78, 5) is 25.4. The molecule has 1 aromatic heterocycles. The van der Waals surface area contributed by atoms with E-state index in [0.717, 1.165) is 16.7 Å². The lowest BCUT2D eigenvalue weighted by Crippen LogP contribution is -2.48. The highest BCUT2D eigenvalue weighted by Crippen LogP contribution is 2.24. The lowest BCUT2D eigenvalue weighted by molar-refractivity contribution is -0.151. The molecule has 2 heterocycles. The Morgan fingerprint density at radius 3 is 2.68 bits per heavy atom. The van der Waals surface area contributed by atoms with Crippen molar-refractivity contribution in [2.75, 3.05) is 0 Å². The molecule has 1 aromatic carbocycles. The SMILES string of the molecule is O=C(O)[C@@H]1Cc2ccccc2CN1C(=O)CCc1ccoc1. The standard InChI is InChI=1S/C17H17NO4/c19-16(6-5-12-7-8-22-11-12)18-10-14-4-2-1-3-13(14)9-15(18)17(20)21/h1-4,7-8,11,15H,5-6,9-10H2,(H,20,21)/t15-/m0/s1. The number of hydrogen-bond acceptors (Lipinski definition) is 3. The van der Waals surface area contributed by atoms with Crippen LogP contribution in [0.3, 0.4) is 0 Å². The van der Waals surface area contributed by atoms with Crippen LogP contribution in [0.2, 0.25) is 0 Å². The molecule has 3 rings (SSSR count). The second-order valence-corrected chi connectivity index (χ2v) is 5.48. The van der Waals surface area contributed by atoms with Crippen molar-refractivity contribution < 1.29 is 19.1 Å². The molecule has 1 amide bonds. The fourth-order valence-corrected chi connectivity index (χ4v) is 2.84. The zero-order chi connectivity index (χ0) is 15.5. The number of carboxylic acids is 1. The van der Waals surface area contributed by atoms with Gasteiger partial charge in [0.05, 0.1) is 12.5 Å². The molecule has 1 aliphatic heterocycles. The second kappa shape index (κ2) is 6.05. The molecule has 0 unspecified atom stereocenters. The predicted octanol–water partition coefficient (Wildman–Crippen LogP) is 2.25. The van der Waals surface area contributed by atoms with Crippen molar-refractivity contribution in [1.29, 1.82) is 0 Å². The molecule has 5 heteroatoms. The minimum atomic E-state index is -0.953. The molecule has 5 nitrogen and oxygen atoms in total. The molecule has 0 fully saturated rings. The number of fused-ring (bicyclic) bond motifs is 1. The van der Waals surface area contributed by atoms with E-state index in [4.69, 9.17) is 4.42 Å². The highest BCUT2D eigenvalue weighted by atomic mass is 16.4. The van der Waals surface area contributed by atoms with E-state index in [1.807, 2.05) is 30.3 Å². The number of aliphatic carboxylic acids is 1. The Morgan fingerprint density at radius 1 is 1.23 bits per heavy atom. The highest BCUT2D eigenvalue weighted by Gasteiger charge is 2.34. The van der Waals surface area contributed by atoms with E-state index in [9.17, 15) is 14.7 Å². The number of furan rings is 1. The normalized spacial score (nSPS) is 17.1. The summed E-state index contributed by atoms with van der Waals surface area (Å²) in [6.45, 7) is 0.358. The third kappa shape index (κ3) is 2.88. The minimum absolute atomic E-state index is 0.136. The first-order chi connectivity index (χ1) is 10.6. The summed E-state index contributed by atoms with van der Waals surface area (Å²) < 4.78 is 4.98. The van der Waals surface area contributed by atoms with E-state index in [-0.39, 0.29) is 12.3 Å². The van der Waals surface area contributed by atoms with Gasteiger partial charge in [-0.15, -0.1) is 0 Å². The molecular formula is C17H17NO4. The molecule has 0 saturated carbocycles. The van der Waals surface area contributed by atoms with E-state index in [1.165, 1.54) is 4.90 Å². The summed E-state index contributed by atoms with van der Waals surface area (Å²) in [5, 5.41) is 9.43. The molecule has 0 aliphatic carbocycles. The van der Waals surface area contributed by atoms with Crippen LogP contribution in [0.15, 0.2) is 47.3 Å². The van der Waals surface area contributed by atoms with Gasteiger partial charge in [0.2, 0.25) is 5.91 Å². The molecule has 0 radical (unpaired) electrons. The largest absolute Gasteiger partial charge is 0.480 e. The third-order valence-corrected chi connectivity index (χ3v) is 4.06. The fraction of sp³-hybridized carbons (Fsp3) is 0.294. The van der Waals surface area contributed by atoms with Crippen molar-refractivity contribution in [3.05, 3.63) is 59.5 Å². The van der Waals surface area contributed by atoms with Crippen LogP contribution in [0.1, 0.15) is 23.1 Å². The van der Waals surface area contributed by atoms with E-state index < -0.39 is 12.0 Å². The minimum Gasteiger partial charge on any atom is -0.480 e. The average Bonchev–Trinajstić information content (AvgIpc) is 3.04. The predicted molar refractivity (Wildman–Crippen MR) is 79.1 cm³/mol. The Morgan fingerprint density at radius 2 is 2.00 bits per heavy atom. The van der Waals surface area contributed by atoms with Gasteiger partial charge in [0.25, 0.3) is 0 Å². The number of carbonyl (C=O) groups is 2. The van der Waals surface area contributed by atoms with Gasteiger partial charge in [0, 0.05) is 19.4 Å². The van der Waals surface area contributed by atoms with Crippen molar-refractivity contribution in [3.8, 4) is 0 Å². The van der Waals surface area contributed by atoms with Crippen LogP contribution in [-0.2, 0) is 29.0 Å². The first-order valence-electron chi connectivity index (χ1n) is 7.25. The monoisotopic (exact) mass is 299 g/mol. The number of carbonyl (C=O) groups excluding carboxylic acids is 1. The number of benzene rings is 1. The molecule has 0 bridgehead atoms. The van der Waals surface area contributed by atoms with Gasteiger partial charge in [-0.1, -0.05) is 24.3 Å². The van der Waals surface area contributed by atoms with Crippen molar-refractivity contribution in [1.82, 2.24) is 4.90 Å². The zero-order valence-electron chi connectivity index (χ0n) is 12.1. The molecule has 1 aliphatic rings. The molecule has 0 spiro atoms. The Kier molecular flexibility index (Phi) is 3.96. The Labute approximate surface area is 128 Å². The maximum Gasteiger partial charge on any atom is 0.326 e. The summed E-state index contributed by atoms with van der Waals surface area (Å²) >= 11 is 0. The summed E-state index contributed by atoms with van der Waals surface area (Å²) in [6.07, 6.45) is 4.37. The molecule has 2 aromatic rings. The number of carboxylic acid groups (broad SMARTS) is 1. The first-order valence-corrected chi connectivity index (χ1v) is 7.25. The summed E-state index contributed by atoms with van der Waals surface area (Å²) in [5.74, 6) is -1.09. The van der Waals surface area contributed by atoms with Crippen molar-refractivity contribution in [3.63, 3.8) is 0 Å². The van der Waals surface area contributed by atoms with Crippen LogP contribution in [-0.4, -0.2) is 27.9 Å². The van der Waals surface area contributed by atoms with Crippen LogP contribution in [0, 0.1) is 0 Å². The summed E-state index contributed by atoms with van der Waals surface area (Å²) in [6, 6.07) is 8.71.